The van der Waals surface area contributed by atoms with E-state index < -0.39 is 0 Å². The Balaban J connectivity index is 1.70. The van der Waals surface area contributed by atoms with Crippen LogP contribution in [0.4, 0.5) is 0 Å². The van der Waals surface area contributed by atoms with E-state index in [1.54, 1.807) is 0 Å². The van der Waals surface area contributed by atoms with Gasteiger partial charge in [-0.3, -0.25) is 4.68 Å². The van der Waals surface area contributed by atoms with E-state index in [9.17, 15) is 0 Å². The van der Waals surface area contributed by atoms with Crippen LogP contribution in [0, 0.1) is 5.92 Å². The molecule has 1 saturated carbocycles. The molecule has 2 rings (SSSR count). The Morgan fingerprint density at radius 3 is 3.00 bits per heavy atom. The van der Waals surface area contributed by atoms with Crippen LogP contribution in [0.1, 0.15) is 25.0 Å². The lowest BCUT2D eigenvalue weighted by Gasteiger charge is -2.25. The molecule has 1 aliphatic rings. The summed E-state index contributed by atoms with van der Waals surface area (Å²) in [5.41, 5.74) is 1.15. The average Bonchev–Trinajstić information content (AvgIpc) is 2.42. The van der Waals surface area contributed by atoms with Crippen LogP contribution in [0.2, 0.25) is 0 Å². The molecule has 0 unspecified atom stereocenters. The minimum atomic E-state index is 0.889. The molecule has 13 heavy (non-hydrogen) atoms. The fourth-order valence-electron chi connectivity index (χ4n) is 1.57. The first-order valence-corrected chi connectivity index (χ1v) is 4.90. The van der Waals surface area contributed by atoms with Crippen LogP contribution in [0.3, 0.4) is 0 Å². The normalized spacial score (nSPS) is 17.3. The highest BCUT2D eigenvalue weighted by molar-refractivity contribution is 4.92. The Hall–Kier alpha value is -0.900. The smallest absolute Gasteiger partial charge is 0.0738 e. The van der Waals surface area contributed by atoms with Crippen molar-refractivity contribution >= 4 is 0 Å². The first kappa shape index (κ1) is 8.69. The Kier molecular flexibility index (Phi) is 2.59. The van der Waals surface area contributed by atoms with Gasteiger partial charge in [-0.05, 0) is 25.3 Å². The van der Waals surface area contributed by atoms with Gasteiger partial charge in [-0.25, -0.2) is 0 Å². The zero-order valence-electron chi connectivity index (χ0n) is 8.03. The van der Waals surface area contributed by atoms with Crippen LogP contribution in [0.25, 0.3) is 0 Å². The van der Waals surface area contributed by atoms with Crippen molar-refractivity contribution in [2.45, 2.75) is 25.8 Å². The summed E-state index contributed by atoms with van der Waals surface area (Å²) in [6.45, 7) is 2.03. The summed E-state index contributed by atoms with van der Waals surface area (Å²) in [5, 5.41) is 11.1. The molecule has 0 amide bonds. The molecule has 0 atom stereocenters. The van der Waals surface area contributed by atoms with Gasteiger partial charge in [0.1, 0.15) is 0 Å². The van der Waals surface area contributed by atoms with Gasteiger partial charge in [-0.2, -0.15) is 0 Å². The quantitative estimate of drug-likeness (QED) is 0.742. The highest BCUT2D eigenvalue weighted by Gasteiger charge is 2.16. The van der Waals surface area contributed by atoms with Crippen molar-refractivity contribution in [1.82, 2.24) is 20.3 Å². The van der Waals surface area contributed by atoms with Crippen LogP contribution >= 0.6 is 0 Å². The maximum absolute atomic E-state index is 3.88. The van der Waals surface area contributed by atoms with Gasteiger partial charge in [0.15, 0.2) is 0 Å². The number of nitrogens with zero attached hydrogens (tertiary/aromatic N) is 3. The molecule has 0 radical (unpaired) electrons. The lowest BCUT2D eigenvalue weighted by atomic mass is 9.85. The summed E-state index contributed by atoms with van der Waals surface area (Å²) in [4.78, 5) is 0. The van der Waals surface area contributed by atoms with Crippen molar-refractivity contribution in [1.29, 1.82) is 0 Å². The first-order chi connectivity index (χ1) is 6.36. The molecule has 1 aromatic rings. The molecule has 72 valence electrons. The molecule has 1 aromatic heterocycles. The van der Waals surface area contributed by atoms with Crippen LogP contribution in [0.15, 0.2) is 6.20 Å². The maximum atomic E-state index is 3.88. The second-order valence-corrected chi connectivity index (χ2v) is 3.78. The molecular formula is C9H16N4. The monoisotopic (exact) mass is 180 g/mol. The van der Waals surface area contributed by atoms with Gasteiger partial charge in [-0.1, -0.05) is 11.6 Å². The fourth-order valence-corrected chi connectivity index (χ4v) is 1.57. The molecule has 0 aromatic carbocycles. The highest BCUT2D eigenvalue weighted by Crippen LogP contribution is 2.25. The number of nitrogens with one attached hydrogen (secondary N) is 1. The summed E-state index contributed by atoms with van der Waals surface area (Å²) < 4.78 is 1.81. The van der Waals surface area contributed by atoms with Crippen molar-refractivity contribution in [2.24, 2.45) is 13.0 Å². The van der Waals surface area contributed by atoms with E-state index in [2.05, 4.69) is 15.6 Å². The second kappa shape index (κ2) is 3.87. The molecule has 1 aliphatic carbocycles. The van der Waals surface area contributed by atoms with Gasteiger partial charge in [0.05, 0.1) is 11.9 Å². The van der Waals surface area contributed by atoms with Crippen LogP contribution < -0.4 is 5.32 Å². The van der Waals surface area contributed by atoms with E-state index >= 15 is 0 Å². The summed E-state index contributed by atoms with van der Waals surface area (Å²) in [6, 6.07) is 0. The van der Waals surface area contributed by atoms with E-state index in [4.69, 9.17) is 0 Å². The minimum Gasteiger partial charge on any atom is -0.311 e. The number of aromatic nitrogens is 3. The predicted octanol–water partition coefficient (Wildman–Crippen LogP) is 0.705. The van der Waals surface area contributed by atoms with Gasteiger partial charge in [0.25, 0.3) is 0 Å². The van der Waals surface area contributed by atoms with E-state index in [0.717, 1.165) is 24.7 Å². The largest absolute Gasteiger partial charge is 0.311 e. The van der Waals surface area contributed by atoms with Gasteiger partial charge in [0.2, 0.25) is 0 Å². The molecule has 1 N–H and O–H groups in total. The number of aryl methyl sites for hydroxylation is 1. The Labute approximate surface area is 78.3 Å². The van der Waals surface area contributed by atoms with E-state index in [0.29, 0.717) is 0 Å². The van der Waals surface area contributed by atoms with Crippen LogP contribution in [-0.2, 0) is 13.6 Å². The zero-order chi connectivity index (χ0) is 9.10. The van der Waals surface area contributed by atoms with Crippen LogP contribution in [0.5, 0.6) is 0 Å². The summed E-state index contributed by atoms with van der Waals surface area (Å²) >= 11 is 0. The topological polar surface area (TPSA) is 42.7 Å². The van der Waals surface area contributed by atoms with Crippen LogP contribution in [-0.4, -0.2) is 21.5 Å². The molecular weight excluding hydrogens is 164 g/mol. The Bertz CT molecular complexity index is 264. The van der Waals surface area contributed by atoms with Crippen molar-refractivity contribution < 1.29 is 0 Å². The highest BCUT2D eigenvalue weighted by atomic mass is 15.4. The number of rotatable bonds is 4. The third kappa shape index (κ3) is 2.06. The number of hydrogen-bond acceptors (Lipinski definition) is 3. The van der Waals surface area contributed by atoms with Gasteiger partial charge < -0.3 is 5.32 Å². The predicted molar refractivity (Wildman–Crippen MR) is 50.1 cm³/mol. The maximum Gasteiger partial charge on any atom is 0.0738 e. The lowest BCUT2D eigenvalue weighted by molar-refractivity contribution is 0.300. The third-order valence-electron chi connectivity index (χ3n) is 2.77. The molecule has 0 saturated heterocycles. The van der Waals surface area contributed by atoms with Gasteiger partial charge in [-0.15, -0.1) is 5.10 Å². The zero-order valence-corrected chi connectivity index (χ0v) is 8.03. The molecule has 1 fully saturated rings. The first-order valence-electron chi connectivity index (χ1n) is 4.90. The molecule has 0 aliphatic heterocycles. The van der Waals surface area contributed by atoms with Crippen molar-refractivity contribution in [3.63, 3.8) is 0 Å². The SMILES string of the molecule is Cn1nncc1CNCC1CCC1. The lowest BCUT2D eigenvalue weighted by Crippen LogP contribution is -2.27. The second-order valence-electron chi connectivity index (χ2n) is 3.78. The van der Waals surface area contributed by atoms with Crippen molar-refractivity contribution in [2.75, 3.05) is 6.54 Å². The third-order valence-corrected chi connectivity index (χ3v) is 2.77. The fraction of sp³-hybridized carbons (Fsp3) is 0.778. The van der Waals surface area contributed by atoms with E-state index in [-0.39, 0.29) is 0 Å². The van der Waals surface area contributed by atoms with E-state index in [1.165, 1.54) is 19.3 Å². The van der Waals surface area contributed by atoms with E-state index in [1.807, 2.05) is 17.9 Å². The standard InChI is InChI=1S/C9H16N4/c1-13-9(7-11-12-13)6-10-5-8-3-2-4-8/h7-8,10H,2-6H2,1H3. The molecule has 4 nitrogen and oxygen atoms in total. The molecule has 0 spiro atoms. The summed E-state index contributed by atoms with van der Waals surface area (Å²) in [7, 11) is 1.92. The Morgan fingerprint density at radius 2 is 2.46 bits per heavy atom. The molecule has 4 heteroatoms. The van der Waals surface area contributed by atoms with Gasteiger partial charge >= 0.3 is 0 Å². The minimum absolute atomic E-state index is 0.889. The summed E-state index contributed by atoms with van der Waals surface area (Å²) in [5.74, 6) is 0.918. The van der Waals surface area contributed by atoms with Gasteiger partial charge in [0, 0.05) is 13.6 Å². The molecule has 1 heterocycles. The molecule has 0 bridgehead atoms. The Morgan fingerprint density at radius 1 is 1.62 bits per heavy atom. The average molecular weight is 180 g/mol. The number of hydrogen-bond donors (Lipinski definition) is 1. The summed E-state index contributed by atoms with van der Waals surface area (Å²) in [6.07, 6.45) is 6.03. The van der Waals surface area contributed by atoms with Crippen molar-refractivity contribution in [3.05, 3.63) is 11.9 Å². The van der Waals surface area contributed by atoms with Crippen molar-refractivity contribution in [3.8, 4) is 0 Å².